The van der Waals surface area contributed by atoms with Gasteiger partial charge in [0.05, 0.1) is 24.0 Å². The zero-order valence-electron chi connectivity index (χ0n) is 14.1. The highest BCUT2D eigenvalue weighted by atomic mass is 16.7. The Morgan fingerprint density at radius 2 is 2.21 bits per heavy atom. The molecule has 2 saturated heterocycles. The molecule has 1 aromatic heterocycles. The van der Waals surface area contributed by atoms with Gasteiger partial charge < -0.3 is 13.9 Å². The van der Waals surface area contributed by atoms with Crippen molar-refractivity contribution in [3.05, 3.63) is 36.3 Å². The van der Waals surface area contributed by atoms with Crippen LogP contribution < -0.4 is 0 Å². The Labute approximate surface area is 142 Å². The van der Waals surface area contributed by atoms with Crippen LogP contribution in [0.3, 0.4) is 0 Å². The molecular formula is C20H24O4. The lowest BCUT2D eigenvalue weighted by Crippen LogP contribution is -2.67. The van der Waals surface area contributed by atoms with Crippen LogP contribution in [0.2, 0.25) is 0 Å². The second-order valence-corrected chi connectivity index (χ2v) is 8.34. The van der Waals surface area contributed by atoms with Crippen LogP contribution in [0.5, 0.6) is 0 Å². The zero-order valence-corrected chi connectivity index (χ0v) is 14.1. The standard InChI is InChI=1S/C20H24O4/c1-12-4-5-16-19(2)7-3-8-20(16)14(12)10-15(13-6-9-22-11-13)23-18(20)24-17(19)21/h6,9,11,14-16,18H,1,3-5,7-8,10H2,2H3. The van der Waals surface area contributed by atoms with Crippen molar-refractivity contribution < 1.29 is 18.7 Å². The third kappa shape index (κ3) is 1.65. The maximum absolute atomic E-state index is 12.8. The summed E-state index contributed by atoms with van der Waals surface area (Å²) in [5, 5.41) is 0. The Bertz CT molecular complexity index is 693. The SMILES string of the molecule is C=C1CCC2C3(C)CCCC24C(OC3=O)OC(c2ccoc2)CC14. The molecule has 4 heteroatoms. The molecule has 2 aliphatic carbocycles. The van der Waals surface area contributed by atoms with Crippen LogP contribution in [0.4, 0.5) is 0 Å². The Hall–Kier alpha value is -1.55. The number of rotatable bonds is 1. The summed E-state index contributed by atoms with van der Waals surface area (Å²) in [7, 11) is 0. The van der Waals surface area contributed by atoms with Crippen LogP contribution in [0.25, 0.3) is 0 Å². The summed E-state index contributed by atoms with van der Waals surface area (Å²) >= 11 is 0. The Morgan fingerprint density at radius 1 is 1.33 bits per heavy atom. The van der Waals surface area contributed by atoms with E-state index in [1.165, 1.54) is 5.57 Å². The summed E-state index contributed by atoms with van der Waals surface area (Å²) in [6.45, 7) is 6.52. The van der Waals surface area contributed by atoms with E-state index in [0.717, 1.165) is 44.1 Å². The molecule has 0 N–H and O–H groups in total. The fraction of sp³-hybridized carbons (Fsp3) is 0.650. The van der Waals surface area contributed by atoms with E-state index in [-0.39, 0.29) is 22.9 Å². The maximum Gasteiger partial charge on any atom is 0.314 e. The van der Waals surface area contributed by atoms with Crippen molar-refractivity contribution in [3.8, 4) is 0 Å². The predicted molar refractivity (Wildman–Crippen MR) is 86.8 cm³/mol. The minimum Gasteiger partial charge on any atom is -0.472 e. The van der Waals surface area contributed by atoms with Crippen LogP contribution in [0, 0.1) is 22.7 Å². The van der Waals surface area contributed by atoms with Gasteiger partial charge in [0.1, 0.15) is 0 Å². The van der Waals surface area contributed by atoms with Crippen LogP contribution in [0.15, 0.2) is 35.2 Å². The number of carbonyl (C=O) groups excluding carboxylic acids is 1. The first-order valence-electron chi connectivity index (χ1n) is 9.12. The first-order valence-corrected chi connectivity index (χ1v) is 9.12. The highest BCUT2D eigenvalue weighted by Gasteiger charge is 2.69. The van der Waals surface area contributed by atoms with Crippen molar-refractivity contribution in [2.45, 2.75) is 57.8 Å². The van der Waals surface area contributed by atoms with Crippen LogP contribution in [0.1, 0.15) is 57.1 Å². The molecule has 6 atom stereocenters. The van der Waals surface area contributed by atoms with E-state index in [2.05, 4.69) is 13.5 Å². The van der Waals surface area contributed by atoms with Crippen molar-refractivity contribution in [2.75, 3.05) is 0 Å². The molecule has 0 radical (unpaired) electrons. The smallest absolute Gasteiger partial charge is 0.314 e. The average molecular weight is 328 g/mol. The Kier molecular flexibility index (Phi) is 2.92. The molecule has 24 heavy (non-hydrogen) atoms. The van der Waals surface area contributed by atoms with Gasteiger partial charge in [-0.25, -0.2) is 0 Å². The summed E-state index contributed by atoms with van der Waals surface area (Å²) in [5.41, 5.74) is 1.92. The molecule has 6 unspecified atom stereocenters. The molecule has 128 valence electrons. The number of allylic oxidation sites excluding steroid dienone is 1. The van der Waals surface area contributed by atoms with Gasteiger partial charge in [-0.15, -0.1) is 0 Å². The Morgan fingerprint density at radius 3 is 3.00 bits per heavy atom. The minimum atomic E-state index is -0.445. The van der Waals surface area contributed by atoms with Crippen molar-refractivity contribution in [1.29, 1.82) is 0 Å². The summed E-state index contributed by atoms with van der Waals surface area (Å²) in [5.74, 6) is 0.653. The van der Waals surface area contributed by atoms with Gasteiger partial charge in [-0.1, -0.05) is 18.6 Å². The van der Waals surface area contributed by atoms with Crippen LogP contribution in [-0.2, 0) is 14.3 Å². The molecule has 5 rings (SSSR count). The average Bonchev–Trinajstić information content (AvgIpc) is 3.09. The van der Waals surface area contributed by atoms with Gasteiger partial charge in [0.25, 0.3) is 0 Å². The largest absolute Gasteiger partial charge is 0.472 e. The van der Waals surface area contributed by atoms with Gasteiger partial charge in [-0.2, -0.15) is 0 Å². The van der Waals surface area contributed by atoms with E-state index in [4.69, 9.17) is 13.9 Å². The lowest BCUT2D eigenvalue weighted by Gasteiger charge is -2.66. The molecule has 0 amide bonds. The number of carbonyl (C=O) groups is 1. The summed E-state index contributed by atoms with van der Waals surface area (Å²) < 4.78 is 17.5. The zero-order chi connectivity index (χ0) is 16.5. The molecule has 2 saturated carbocycles. The van der Waals surface area contributed by atoms with Gasteiger partial charge >= 0.3 is 5.97 Å². The van der Waals surface area contributed by atoms with Crippen molar-refractivity contribution in [2.24, 2.45) is 22.7 Å². The predicted octanol–water partition coefficient (Wildman–Crippen LogP) is 4.38. The molecule has 0 aromatic carbocycles. The van der Waals surface area contributed by atoms with E-state index in [1.54, 1.807) is 12.5 Å². The first-order chi connectivity index (χ1) is 11.6. The summed E-state index contributed by atoms with van der Waals surface area (Å²) in [6.07, 6.45) is 8.94. The van der Waals surface area contributed by atoms with Crippen molar-refractivity contribution in [1.82, 2.24) is 0 Å². The van der Waals surface area contributed by atoms with Crippen LogP contribution >= 0.6 is 0 Å². The number of furan rings is 1. The third-order valence-electron chi connectivity index (χ3n) is 7.39. The maximum atomic E-state index is 12.8. The molecular weight excluding hydrogens is 304 g/mol. The normalized spacial score (nSPS) is 47.0. The summed E-state index contributed by atoms with van der Waals surface area (Å²) in [6, 6.07) is 1.95. The van der Waals surface area contributed by atoms with Gasteiger partial charge in [0, 0.05) is 11.0 Å². The second-order valence-electron chi connectivity index (χ2n) is 8.34. The highest BCUT2D eigenvalue weighted by Crippen LogP contribution is 2.69. The van der Waals surface area contributed by atoms with Gasteiger partial charge in [0.2, 0.25) is 6.29 Å². The lowest BCUT2D eigenvalue weighted by atomic mass is 9.44. The van der Waals surface area contributed by atoms with E-state index < -0.39 is 6.29 Å². The topological polar surface area (TPSA) is 48.7 Å². The number of ether oxygens (including phenoxy) is 2. The molecule has 3 heterocycles. The lowest BCUT2D eigenvalue weighted by molar-refractivity contribution is -0.330. The highest BCUT2D eigenvalue weighted by molar-refractivity contribution is 5.78. The number of hydrogen-bond donors (Lipinski definition) is 0. The quantitative estimate of drug-likeness (QED) is 0.567. The van der Waals surface area contributed by atoms with Gasteiger partial charge in [0.15, 0.2) is 0 Å². The molecule has 4 nitrogen and oxygen atoms in total. The van der Waals surface area contributed by atoms with E-state index in [0.29, 0.717) is 11.8 Å². The Balaban J connectivity index is 1.61. The van der Waals surface area contributed by atoms with E-state index >= 15 is 0 Å². The third-order valence-corrected chi connectivity index (χ3v) is 7.39. The molecule has 1 spiro atoms. The minimum absolute atomic E-state index is 0.0630. The number of esters is 1. The second kappa shape index (κ2) is 4.75. The fourth-order valence-electron chi connectivity index (χ4n) is 6.26. The monoisotopic (exact) mass is 328 g/mol. The number of hydrogen-bond acceptors (Lipinski definition) is 4. The molecule has 1 aromatic rings. The van der Waals surface area contributed by atoms with E-state index in [1.807, 2.05) is 6.07 Å². The first kappa shape index (κ1) is 14.8. The van der Waals surface area contributed by atoms with Crippen molar-refractivity contribution in [3.63, 3.8) is 0 Å². The van der Waals surface area contributed by atoms with E-state index in [9.17, 15) is 4.79 Å². The molecule has 4 fully saturated rings. The van der Waals surface area contributed by atoms with Gasteiger partial charge in [-0.05, 0) is 56.9 Å². The summed E-state index contributed by atoms with van der Waals surface area (Å²) in [4.78, 5) is 12.8. The molecule has 2 aliphatic heterocycles. The fourth-order valence-corrected chi connectivity index (χ4v) is 6.26. The van der Waals surface area contributed by atoms with Crippen LogP contribution in [-0.4, -0.2) is 12.3 Å². The molecule has 4 aliphatic rings. The van der Waals surface area contributed by atoms with Gasteiger partial charge in [-0.3, -0.25) is 4.79 Å². The molecule has 2 bridgehead atoms. The van der Waals surface area contributed by atoms with Crippen molar-refractivity contribution >= 4 is 5.97 Å².